The third-order valence-corrected chi connectivity index (χ3v) is 2.69. The summed E-state index contributed by atoms with van der Waals surface area (Å²) in [5, 5.41) is 0.179. The molecule has 0 bridgehead atoms. The molecule has 2 rings (SSSR count). The molecule has 0 atom stereocenters. The molecule has 19 heavy (non-hydrogen) atoms. The van der Waals surface area contributed by atoms with Crippen LogP contribution in [-0.4, -0.2) is 9.97 Å². The average Bonchev–Trinajstić information content (AvgIpc) is 2.35. The molecule has 1 aromatic carbocycles. The molecule has 0 radical (unpaired) electrons. The van der Waals surface area contributed by atoms with Crippen molar-refractivity contribution >= 4 is 11.6 Å². The Bertz CT molecular complexity index is 594. The van der Waals surface area contributed by atoms with Crippen molar-refractivity contribution in [3.05, 3.63) is 46.6 Å². The Morgan fingerprint density at radius 3 is 2.26 bits per heavy atom. The number of hydrogen-bond acceptors (Lipinski definition) is 2. The third-order valence-electron chi connectivity index (χ3n) is 2.49. The summed E-state index contributed by atoms with van der Waals surface area (Å²) in [5.74, 6) is -3.55. The molecule has 0 saturated heterocycles. The van der Waals surface area contributed by atoms with Crippen LogP contribution in [0.2, 0.25) is 5.15 Å². The summed E-state index contributed by atoms with van der Waals surface area (Å²) in [6.07, 6.45) is 1.41. The Morgan fingerprint density at radius 2 is 1.68 bits per heavy atom. The normalized spacial score (nSPS) is 10.8. The van der Waals surface area contributed by atoms with E-state index in [1.807, 2.05) is 6.92 Å². The molecule has 100 valence electrons. The maximum absolute atomic E-state index is 13.2. The van der Waals surface area contributed by atoms with Gasteiger partial charge in [-0.15, -0.1) is 0 Å². The maximum atomic E-state index is 13.2. The van der Waals surface area contributed by atoms with Gasteiger partial charge in [0, 0.05) is 18.1 Å². The molecular formula is C13H10ClF3N2. The van der Waals surface area contributed by atoms with E-state index in [9.17, 15) is 13.2 Å². The molecule has 2 nitrogen and oxygen atoms in total. The zero-order valence-corrected chi connectivity index (χ0v) is 10.8. The summed E-state index contributed by atoms with van der Waals surface area (Å²) in [6, 6.07) is 3.15. The molecule has 0 aliphatic carbocycles. The van der Waals surface area contributed by atoms with Gasteiger partial charge < -0.3 is 0 Å². The maximum Gasteiger partial charge on any atom is 0.194 e. The van der Waals surface area contributed by atoms with Crippen molar-refractivity contribution in [3.63, 3.8) is 0 Å². The molecule has 6 heteroatoms. The van der Waals surface area contributed by atoms with E-state index in [1.54, 1.807) is 0 Å². The van der Waals surface area contributed by atoms with Crippen LogP contribution in [0, 0.1) is 17.5 Å². The lowest BCUT2D eigenvalue weighted by Crippen LogP contribution is -1.99. The van der Waals surface area contributed by atoms with Gasteiger partial charge in [-0.2, -0.15) is 0 Å². The second-order valence-electron chi connectivity index (χ2n) is 4.00. The SMILES string of the molecule is CCCc1nc(Cl)cc(-c2cc(F)c(F)c(F)c2)n1. The highest BCUT2D eigenvalue weighted by molar-refractivity contribution is 6.29. The van der Waals surface area contributed by atoms with Gasteiger partial charge >= 0.3 is 0 Å². The molecular weight excluding hydrogens is 277 g/mol. The highest BCUT2D eigenvalue weighted by Crippen LogP contribution is 2.24. The fourth-order valence-electron chi connectivity index (χ4n) is 1.65. The first-order chi connectivity index (χ1) is 9.01. The van der Waals surface area contributed by atoms with Crippen LogP contribution in [0.5, 0.6) is 0 Å². The Kier molecular flexibility index (Phi) is 4.04. The van der Waals surface area contributed by atoms with Crippen molar-refractivity contribution in [2.24, 2.45) is 0 Å². The van der Waals surface area contributed by atoms with Gasteiger partial charge in [-0.3, -0.25) is 0 Å². The smallest absolute Gasteiger partial charge is 0.194 e. The Labute approximate surface area is 113 Å². The summed E-state index contributed by atoms with van der Waals surface area (Å²) in [5.41, 5.74) is 0.388. The van der Waals surface area contributed by atoms with E-state index in [0.29, 0.717) is 12.2 Å². The number of hydrogen-bond donors (Lipinski definition) is 0. The second-order valence-corrected chi connectivity index (χ2v) is 4.38. The number of aryl methyl sites for hydroxylation is 1. The average molecular weight is 287 g/mol. The topological polar surface area (TPSA) is 25.8 Å². The number of nitrogens with zero attached hydrogens (tertiary/aromatic N) is 2. The summed E-state index contributed by atoms with van der Waals surface area (Å²) in [7, 11) is 0. The molecule has 0 spiro atoms. The van der Waals surface area contributed by atoms with Crippen molar-refractivity contribution in [1.29, 1.82) is 0 Å². The molecule has 0 saturated carbocycles. The molecule has 1 aromatic heterocycles. The molecule has 2 aromatic rings. The fourth-order valence-corrected chi connectivity index (χ4v) is 1.85. The minimum absolute atomic E-state index is 0.123. The van der Waals surface area contributed by atoms with Crippen LogP contribution in [0.4, 0.5) is 13.2 Å². The number of rotatable bonds is 3. The van der Waals surface area contributed by atoms with Gasteiger partial charge in [0.1, 0.15) is 11.0 Å². The third kappa shape index (κ3) is 3.04. The largest absolute Gasteiger partial charge is 0.233 e. The van der Waals surface area contributed by atoms with Crippen LogP contribution in [0.3, 0.4) is 0 Å². The molecule has 0 aliphatic heterocycles. The van der Waals surface area contributed by atoms with Gasteiger partial charge in [0.05, 0.1) is 5.69 Å². The molecule has 0 N–H and O–H groups in total. The molecule has 1 heterocycles. The van der Waals surface area contributed by atoms with E-state index in [0.717, 1.165) is 18.6 Å². The molecule has 0 amide bonds. The van der Waals surface area contributed by atoms with Crippen molar-refractivity contribution in [1.82, 2.24) is 9.97 Å². The highest BCUT2D eigenvalue weighted by Gasteiger charge is 2.13. The van der Waals surface area contributed by atoms with Gasteiger partial charge in [-0.1, -0.05) is 18.5 Å². The van der Waals surface area contributed by atoms with Gasteiger partial charge in [0.25, 0.3) is 0 Å². The predicted octanol–water partition coefficient (Wildman–Crippen LogP) is 4.17. The number of halogens is 4. The summed E-state index contributed by atoms with van der Waals surface area (Å²) in [4.78, 5) is 8.16. The van der Waals surface area contributed by atoms with E-state index < -0.39 is 17.5 Å². The zero-order valence-electron chi connectivity index (χ0n) is 10.1. The van der Waals surface area contributed by atoms with Crippen molar-refractivity contribution in [2.45, 2.75) is 19.8 Å². The van der Waals surface area contributed by atoms with E-state index >= 15 is 0 Å². The van der Waals surface area contributed by atoms with Crippen LogP contribution in [0.15, 0.2) is 18.2 Å². The number of aromatic nitrogens is 2. The standard InChI is InChI=1S/C13H10ClF3N2/c1-2-3-12-18-10(6-11(14)19-12)7-4-8(15)13(17)9(16)5-7/h4-6H,2-3H2,1H3. The van der Waals surface area contributed by atoms with E-state index in [-0.39, 0.29) is 16.4 Å². The summed E-state index contributed by atoms with van der Waals surface area (Å²) >= 11 is 5.83. The van der Waals surface area contributed by atoms with Crippen molar-refractivity contribution < 1.29 is 13.2 Å². The molecule has 0 fully saturated rings. The van der Waals surface area contributed by atoms with Gasteiger partial charge in [0.15, 0.2) is 17.5 Å². The number of benzene rings is 1. The highest BCUT2D eigenvalue weighted by atomic mass is 35.5. The Morgan fingerprint density at radius 1 is 1.05 bits per heavy atom. The van der Waals surface area contributed by atoms with Gasteiger partial charge in [-0.25, -0.2) is 23.1 Å². The quantitative estimate of drug-likeness (QED) is 0.625. The van der Waals surface area contributed by atoms with Crippen molar-refractivity contribution in [3.8, 4) is 11.3 Å². The zero-order chi connectivity index (χ0) is 14.0. The van der Waals surface area contributed by atoms with Crippen LogP contribution in [0.1, 0.15) is 19.2 Å². The Hall–Kier alpha value is -1.62. The lowest BCUT2D eigenvalue weighted by molar-refractivity contribution is 0.447. The first kappa shape index (κ1) is 13.8. The first-order valence-corrected chi connectivity index (χ1v) is 6.07. The Balaban J connectivity index is 2.52. The molecule has 0 unspecified atom stereocenters. The van der Waals surface area contributed by atoms with E-state index in [4.69, 9.17) is 11.6 Å². The fraction of sp³-hybridized carbons (Fsp3) is 0.231. The van der Waals surface area contributed by atoms with Crippen LogP contribution in [0.25, 0.3) is 11.3 Å². The minimum Gasteiger partial charge on any atom is -0.233 e. The second kappa shape index (κ2) is 5.57. The molecule has 0 aliphatic rings. The van der Waals surface area contributed by atoms with Gasteiger partial charge in [0.2, 0.25) is 0 Å². The van der Waals surface area contributed by atoms with Crippen molar-refractivity contribution in [2.75, 3.05) is 0 Å². The van der Waals surface area contributed by atoms with Gasteiger partial charge in [-0.05, 0) is 18.6 Å². The predicted molar refractivity (Wildman–Crippen MR) is 66.3 cm³/mol. The monoisotopic (exact) mass is 286 g/mol. The first-order valence-electron chi connectivity index (χ1n) is 5.69. The summed E-state index contributed by atoms with van der Waals surface area (Å²) < 4.78 is 39.3. The lowest BCUT2D eigenvalue weighted by atomic mass is 10.1. The van der Waals surface area contributed by atoms with E-state index in [1.165, 1.54) is 6.07 Å². The minimum atomic E-state index is -1.50. The van der Waals surface area contributed by atoms with E-state index in [2.05, 4.69) is 9.97 Å². The van der Waals surface area contributed by atoms with Crippen LogP contribution in [-0.2, 0) is 6.42 Å². The summed E-state index contributed by atoms with van der Waals surface area (Å²) in [6.45, 7) is 1.95. The van der Waals surface area contributed by atoms with Crippen LogP contribution >= 0.6 is 11.6 Å². The lowest BCUT2D eigenvalue weighted by Gasteiger charge is -2.06. The van der Waals surface area contributed by atoms with Crippen LogP contribution < -0.4 is 0 Å².